The van der Waals surface area contributed by atoms with Crippen molar-refractivity contribution < 1.29 is 9.90 Å². The molecule has 0 spiro atoms. The molecule has 6 nitrogen and oxygen atoms in total. The standard InChI is InChI=1S/C10H10N4O2/c1-7-3-2-4-11-8(7)5-14-6-9(10(15)16)12-13-14/h2-4,6H,5H2,1H3,(H,15,16). The predicted octanol–water partition coefficient (Wildman–Crippen LogP) is 0.728. The zero-order valence-corrected chi connectivity index (χ0v) is 8.66. The van der Waals surface area contributed by atoms with Crippen molar-refractivity contribution in [2.45, 2.75) is 13.5 Å². The second-order valence-corrected chi connectivity index (χ2v) is 3.37. The number of hydrogen-bond acceptors (Lipinski definition) is 4. The fraction of sp³-hybridized carbons (Fsp3) is 0.200. The summed E-state index contributed by atoms with van der Waals surface area (Å²) in [6, 6.07) is 3.79. The first kappa shape index (κ1) is 10.3. The van der Waals surface area contributed by atoms with Gasteiger partial charge in [0.2, 0.25) is 0 Å². The molecule has 0 aliphatic rings. The second kappa shape index (κ2) is 4.09. The third-order valence-electron chi connectivity index (χ3n) is 2.19. The van der Waals surface area contributed by atoms with Gasteiger partial charge >= 0.3 is 5.97 Å². The summed E-state index contributed by atoms with van der Waals surface area (Å²) in [7, 11) is 0. The fourth-order valence-corrected chi connectivity index (χ4v) is 1.31. The van der Waals surface area contributed by atoms with Crippen LogP contribution < -0.4 is 0 Å². The van der Waals surface area contributed by atoms with E-state index in [-0.39, 0.29) is 5.69 Å². The summed E-state index contributed by atoms with van der Waals surface area (Å²) in [5.74, 6) is -1.08. The van der Waals surface area contributed by atoms with Crippen LogP contribution in [-0.4, -0.2) is 31.1 Å². The average molecular weight is 218 g/mol. The van der Waals surface area contributed by atoms with Crippen molar-refractivity contribution in [3.8, 4) is 0 Å². The van der Waals surface area contributed by atoms with Crippen LogP contribution in [0.1, 0.15) is 21.7 Å². The molecule has 0 saturated carbocycles. The Kier molecular flexibility index (Phi) is 2.63. The fourth-order valence-electron chi connectivity index (χ4n) is 1.31. The molecule has 2 aromatic rings. The number of rotatable bonds is 3. The molecule has 2 aromatic heterocycles. The van der Waals surface area contributed by atoms with Crippen LogP contribution in [0.4, 0.5) is 0 Å². The van der Waals surface area contributed by atoms with Crippen molar-refractivity contribution in [2.75, 3.05) is 0 Å². The predicted molar refractivity (Wildman–Crippen MR) is 55.1 cm³/mol. The molecule has 0 amide bonds. The molecule has 2 rings (SSSR count). The molecule has 0 fully saturated rings. The molecule has 0 unspecified atom stereocenters. The van der Waals surface area contributed by atoms with Gasteiger partial charge in [0.15, 0.2) is 5.69 Å². The summed E-state index contributed by atoms with van der Waals surface area (Å²) in [4.78, 5) is 14.8. The third-order valence-corrected chi connectivity index (χ3v) is 2.19. The number of aromatic nitrogens is 4. The quantitative estimate of drug-likeness (QED) is 0.821. The van der Waals surface area contributed by atoms with E-state index >= 15 is 0 Å². The van der Waals surface area contributed by atoms with Gasteiger partial charge < -0.3 is 5.11 Å². The Morgan fingerprint density at radius 2 is 2.38 bits per heavy atom. The minimum Gasteiger partial charge on any atom is -0.476 e. The number of aryl methyl sites for hydroxylation is 1. The number of carbonyl (C=O) groups is 1. The minimum absolute atomic E-state index is 0.0615. The van der Waals surface area contributed by atoms with Gasteiger partial charge in [-0.15, -0.1) is 5.10 Å². The van der Waals surface area contributed by atoms with Crippen molar-refractivity contribution in [3.05, 3.63) is 41.5 Å². The molecule has 0 atom stereocenters. The number of aromatic carboxylic acids is 1. The Hall–Kier alpha value is -2.24. The Bertz CT molecular complexity index is 521. The lowest BCUT2D eigenvalue weighted by atomic mass is 10.2. The summed E-state index contributed by atoms with van der Waals surface area (Å²) in [6.45, 7) is 2.37. The normalized spacial score (nSPS) is 10.3. The Labute approximate surface area is 91.6 Å². The molecular weight excluding hydrogens is 208 g/mol. The van der Waals surface area contributed by atoms with E-state index in [0.29, 0.717) is 6.54 Å². The summed E-state index contributed by atoms with van der Waals surface area (Å²) >= 11 is 0. The van der Waals surface area contributed by atoms with Gasteiger partial charge in [0, 0.05) is 6.20 Å². The van der Waals surface area contributed by atoms with E-state index in [1.54, 1.807) is 6.20 Å². The highest BCUT2D eigenvalue weighted by molar-refractivity contribution is 5.84. The number of pyridine rings is 1. The lowest BCUT2D eigenvalue weighted by Gasteiger charge is -2.02. The smallest absolute Gasteiger partial charge is 0.358 e. The highest BCUT2D eigenvalue weighted by atomic mass is 16.4. The van der Waals surface area contributed by atoms with Gasteiger partial charge in [-0.3, -0.25) is 4.98 Å². The first-order valence-corrected chi connectivity index (χ1v) is 4.71. The maximum atomic E-state index is 10.6. The summed E-state index contributed by atoms with van der Waals surface area (Å²) in [6.07, 6.45) is 3.08. The molecule has 16 heavy (non-hydrogen) atoms. The van der Waals surface area contributed by atoms with E-state index in [4.69, 9.17) is 5.11 Å². The van der Waals surface area contributed by atoms with Gasteiger partial charge in [-0.25, -0.2) is 9.48 Å². The average Bonchev–Trinajstić information content (AvgIpc) is 2.70. The van der Waals surface area contributed by atoms with Gasteiger partial charge in [-0.05, 0) is 18.6 Å². The topological polar surface area (TPSA) is 80.9 Å². The van der Waals surface area contributed by atoms with Crippen LogP contribution in [0.25, 0.3) is 0 Å². The van der Waals surface area contributed by atoms with Crippen molar-refractivity contribution in [1.82, 2.24) is 20.0 Å². The highest BCUT2D eigenvalue weighted by Gasteiger charge is 2.09. The molecule has 0 saturated heterocycles. The first-order chi connectivity index (χ1) is 7.66. The van der Waals surface area contributed by atoms with Crippen molar-refractivity contribution in [2.24, 2.45) is 0 Å². The molecule has 6 heteroatoms. The van der Waals surface area contributed by atoms with Crippen LogP contribution >= 0.6 is 0 Å². The monoisotopic (exact) mass is 218 g/mol. The SMILES string of the molecule is Cc1cccnc1Cn1cc(C(=O)O)nn1. The summed E-state index contributed by atoms with van der Waals surface area (Å²) in [5, 5.41) is 15.9. The number of nitrogens with zero attached hydrogens (tertiary/aromatic N) is 4. The van der Waals surface area contributed by atoms with Crippen LogP contribution in [0.5, 0.6) is 0 Å². The summed E-state index contributed by atoms with van der Waals surface area (Å²) in [5.41, 5.74) is 1.83. The minimum atomic E-state index is -1.08. The van der Waals surface area contributed by atoms with Crippen molar-refractivity contribution >= 4 is 5.97 Å². The first-order valence-electron chi connectivity index (χ1n) is 4.71. The van der Waals surface area contributed by atoms with Crippen LogP contribution in [0.15, 0.2) is 24.5 Å². The van der Waals surface area contributed by atoms with E-state index in [9.17, 15) is 4.79 Å². The van der Waals surface area contributed by atoms with E-state index in [1.807, 2.05) is 19.1 Å². The Balaban J connectivity index is 2.21. The lowest BCUT2D eigenvalue weighted by Crippen LogP contribution is -2.04. The van der Waals surface area contributed by atoms with Crippen molar-refractivity contribution in [1.29, 1.82) is 0 Å². The molecule has 0 aromatic carbocycles. The van der Waals surface area contributed by atoms with E-state index in [0.717, 1.165) is 11.3 Å². The molecule has 0 bridgehead atoms. The van der Waals surface area contributed by atoms with Crippen LogP contribution in [0.3, 0.4) is 0 Å². The molecule has 0 aliphatic carbocycles. The highest BCUT2D eigenvalue weighted by Crippen LogP contribution is 2.05. The second-order valence-electron chi connectivity index (χ2n) is 3.37. The number of carboxylic acids is 1. The Morgan fingerprint density at radius 3 is 3.00 bits per heavy atom. The van der Waals surface area contributed by atoms with Gasteiger partial charge in [0.25, 0.3) is 0 Å². The molecule has 82 valence electrons. The lowest BCUT2D eigenvalue weighted by molar-refractivity contribution is 0.0690. The summed E-state index contributed by atoms with van der Waals surface area (Å²) < 4.78 is 1.46. The van der Waals surface area contributed by atoms with Gasteiger partial charge in [-0.1, -0.05) is 11.3 Å². The van der Waals surface area contributed by atoms with Crippen LogP contribution in [0, 0.1) is 6.92 Å². The molecule has 2 heterocycles. The number of carboxylic acid groups (broad SMARTS) is 1. The molecule has 1 N–H and O–H groups in total. The van der Waals surface area contributed by atoms with Crippen molar-refractivity contribution in [3.63, 3.8) is 0 Å². The third kappa shape index (κ3) is 2.05. The maximum Gasteiger partial charge on any atom is 0.358 e. The zero-order valence-electron chi connectivity index (χ0n) is 8.66. The largest absolute Gasteiger partial charge is 0.476 e. The van der Waals surface area contributed by atoms with E-state index < -0.39 is 5.97 Å². The van der Waals surface area contributed by atoms with Crippen LogP contribution in [-0.2, 0) is 6.54 Å². The Morgan fingerprint density at radius 1 is 1.56 bits per heavy atom. The molecule has 0 aliphatic heterocycles. The van der Waals surface area contributed by atoms with E-state index in [1.165, 1.54) is 10.9 Å². The molecular formula is C10H10N4O2. The maximum absolute atomic E-state index is 10.6. The van der Waals surface area contributed by atoms with Gasteiger partial charge in [0.05, 0.1) is 18.4 Å². The zero-order chi connectivity index (χ0) is 11.5. The van der Waals surface area contributed by atoms with Crippen LogP contribution in [0.2, 0.25) is 0 Å². The van der Waals surface area contributed by atoms with Gasteiger partial charge in [-0.2, -0.15) is 0 Å². The number of hydrogen-bond donors (Lipinski definition) is 1. The molecule has 0 radical (unpaired) electrons. The van der Waals surface area contributed by atoms with Gasteiger partial charge in [0.1, 0.15) is 0 Å². The van der Waals surface area contributed by atoms with E-state index in [2.05, 4.69) is 15.3 Å².